The summed E-state index contributed by atoms with van der Waals surface area (Å²) in [4.78, 5) is 21.0. The van der Waals surface area contributed by atoms with Crippen LogP contribution in [0.5, 0.6) is 5.88 Å². The van der Waals surface area contributed by atoms with Crippen LogP contribution in [0.4, 0.5) is 5.82 Å². The number of aromatic nitrogens is 4. The Bertz CT molecular complexity index is 922. The molecule has 130 valence electrons. The Kier molecular flexibility index (Phi) is 4.92. The second kappa shape index (κ2) is 7.29. The molecule has 0 aliphatic carbocycles. The lowest BCUT2D eigenvalue weighted by Crippen LogP contribution is -2.31. The maximum absolute atomic E-state index is 12.5. The Morgan fingerprint density at radius 2 is 1.92 bits per heavy atom. The van der Waals surface area contributed by atoms with E-state index in [1.54, 1.807) is 18.6 Å². The molecule has 2 aromatic heterocycles. The lowest BCUT2D eigenvalue weighted by Gasteiger charge is -2.18. The summed E-state index contributed by atoms with van der Waals surface area (Å²) in [7, 11) is 0. The van der Waals surface area contributed by atoms with Gasteiger partial charge in [-0.25, -0.2) is 14.6 Å². The molecule has 1 N–H and O–H groups in total. The maximum Gasteiger partial charge on any atom is 0.274 e. The molecule has 0 aliphatic rings. The minimum Gasteiger partial charge on any atom is -0.472 e. The highest BCUT2D eigenvalue weighted by atomic mass is 16.5. The summed E-state index contributed by atoms with van der Waals surface area (Å²) in [5, 5.41) is 9.00. The van der Waals surface area contributed by atoms with Gasteiger partial charge in [-0.15, -0.1) is 0 Å². The standard InChI is InChI=1S/C18H21N5O2/c1-12(2)25-17-16(19-8-9-20-17)22-13(3)11-23-18(24)15-7-5-4-6-14(15)10-21-23/h4-10,12-13H,11H2,1-3H3,(H,19,22). The van der Waals surface area contributed by atoms with Crippen molar-refractivity contribution in [1.29, 1.82) is 0 Å². The molecule has 25 heavy (non-hydrogen) atoms. The van der Waals surface area contributed by atoms with E-state index in [0.717, 1.165) is 5.39 Å². The van der Waals surface area contributed by atoms with Crippen molar-refractivity contribution in [3.8, 4) is 5.88 Å². The number of hydrogen-bond acceptors (Lipinski definition) is 6. The summed E-state index contributed by atoms with van der Waals surface area (Å²) in [6.45, 7) is 6.22. The molecular formula is C18H21N5O2. The Labute approximate surface area is 145 Å². The summed E-state index contributed by atoms with van der Waals surface area (Å²) in [6.07, 6.45) is 4.89. The fourth-order valence-corrected chi connectivity index (χ4v) is 2.53. The molecule has 0 saturated carbocycles. The Hall–Kier alpha value is -2.96. The lowest BCUT2D eigenvalue weighted by atomic mass is 10.2. The Balaban J connectivity index is 1.79. The molecule has 1 atom stereocenters. The van der Waals surface area contributed by atoms with Gasteiger partial charge in [-0.1, -0.05) is 18.2 Å². The smallest absolute Gasteiger partial charge is 0.274 e. The van der Waals surface area contributed by atoms with Crippen molar-refractivity contribution >= 4 is 16.6 Å². The van der Waals surface area contributed by atoms with E-state index in [0.29, 0.717) is 23.6 Å². The quantitative estimate of drug-likeness (QED) is 0.743. The monoisotopic (exact) mass is 339 g/mol. The van der Waals surface area contributed by atoms with E-state index in [1.165, 1.54) is 4.68 Å². The fraction of sp³-hybridized carbons (Fsp3) is 0.333. The summed E-state index contributed by atoms with van der Waals surface area (Å²) in [5.74, 6) is 1.00. The zero-order valence-electron chi connectivity index (χ0n) is 14.5. The van der Waals surface area contributed by atoms with Gasteiger partial charge in [-0.05, 0) is 26.8 Å². The van der Waals surface area contributed by atoms with Crippen molar-refractivity contribution < 1.29 is 4.74 Å². The van der Waals surface area contributed by atoms with Crippen LogP contribution >= 0.6 is 0 Å². The highest BCUT2D eigenvalue weighted by Gasteiger charge is 2.13. The van der Waals surface area contributed by atoms with E-state index in [2.05, 4.69) is 20.4 Å². The normalized spacial score (nSPS) is 12.3. The fourth-order valence-electron chi connectivity index (χ4n) is 2.53. The van der Waals surface area contributed by atoms with Crippen molar-refractivity contribution in [3.05, 3.63) is 53.2 Å². The Morgan fingerprint density at radius 1 is 1.16 bits per heavy atom. The van der Waals surface area contributed by atoms with E-state index >= 15 is 0 Å². The van der Waals surface area contributed by atoms with Gasteiger partial charge in [0.2, 0.25) is 0 Å². The van der Waals surface area contributed by atoms with Gasteiger partial charge in [0.1, 0.15) is 0 Å². The van der Waals surface area contributed by atoms with E-state index in [9.17, 15) is 4.79 Å². The molecule has 0 radical (unpaired) electrons. The van der Waals surface area contributed by atoms with Gasteiger partial charge in [0, 0.05) is 23.8 Å². The molecule has 1 aromatic carbocycles. The highest BCUT2D eigenvalue weighted by Crippen LogP contribution is 2.19. The average molecular weight is 339 g/mol. The number of benzene rings is 1. The number of fused-ring (bicyclic) bond motifs is 1. The molecule has 0 spiro atoms. The zero-order chi connectivity index (χ0) is 17.8. The van der Waals surface area contributed by atoms with E-state index in [4.69, 9.17) is 4.74 Å². The summed E-state index contributed by atoms with van der Waals surface area (Å²) in [5.41, 5.74) is -0.107. The molecule has 0 saturated heterocycles. The number of hydrogen-bond donors (Lipinski definition) is 1. The predicted octanol–water partition coefficient (Wildman–Crippen LogP) is 2.47. The Morgan fingerprint density at radius 3 is 2.72 bits per heavy atom. The third kappa shape index (κ3) is 3.93. The van der Waals surface area contributed by atoms with Crippen LogP contribution in [0.1, 0.15) is 20.8 Å². The summed E-state index contributed by atoms with van der Waals surface area (Å²) in [6, 6.07) is 7.35. The minimum atomic E-state index is -0.107. The lowest BCUT2D eigenvalue weighted by molar-refractivity contribution is 0.233. The van der Waals surface area contributed by atoms with E-state index < -0.39 is 0 Å². The van der Waals surface area contributed by atoms with E-state index in [-0.39, 0.29) is 17.7 Å². The summed E-state index contributed by atoms with van der Waals surface area (Å²) < 4.78 is 7.12. The van der Waals surface area contributed by atoms with Crippen molar-refractivity contribution in [1.82, 2.24) is 19.7 Å². The van der Waals surface area contributed by atoms with Gasteiger partial charge in [0.05, 0.1) is 24.2 Å². The molecule has 7 nitrogen and oxygen atoms in total. The number of rotatable bonds is 6. The first-order chi connectivity index (χ1) is 12.0. The largest absolute Gasteiger partial charge is 0.472 e. The van der Waals surface area contributed by atoms with Gasteiger partial charge in [-0.2, -0.15) is 5.10 Å². The minimum absolute atomic E-state index is 0.00247. The first kappa shape index (κ1) is 16.9. The molecule has 3 aromatic rings. The highest BCUT2D eigenvalue weighted by molar-refractivity contribution is 5.80. The number of ether oxygens (including phenoxy) is 1. The van der Waals surface area contributed by atoms with Crippen LogP contribution in [0.3, 0.4) is 0 Å². The SMILES string of the molecule is CC(Cn1ncc2ccccc2c1=O)Nc1nccnc1OC(C)C. The van der Waals surface area contributed by atoms with Crippen LogP contribution in [0, 0.1) is 0 Å². The van der Waals surface area contributed by atoms with Gasteiger partial charge < -0.3 is 10.1 Å². The third-order valence-corrected chi connectivity index (χ3v) is 3.60. The molecule has 0 amide bonds. The van der Waals surface area contributed by atoms with Gasteiger partial charge in [0.25, 0.3) is 11.4 Å². The van der Waals surface area contributed by atoms with Gasteiger partial charge in [-0.3, -0.25) is 4.79 Å². The van der Waals surface area contributed by atoms with Crippen molar-refractivity contribution in [2.45, 2.75) is 39.5 Å². The molecule has 2 heterocycles. The van der Waals surface area contributed by atoms with E-state index in [1.807, 2.05) is 45.0 Å². The van der Waals surface area contributed by atoms with Gasteiger partial charge >= 0.3 is 0 Å². The van der Waals surface area contributed by atoms with Crippen LogP contribution in [0.15, 0.2) is 47.7 Å². The third-order valence-electron chi connectivity index (χ3n) is 3.60. The number of nitrogens with one attached hydrogen (secondary N) is 1. The zero-order valence-corrected chi connectivity index (χ0v) is 14.5. The molecule has 7 heteroatoms. The number of anilines is 1. The van der Waals surface area contributed by atoms with Crippen LogP contribution in [-0.2, 0) is 6.54 Å². The van der Waals surface area contributed by atoms with Gasteiger partial charge in [0.15, 0.2) is 5.82 Å². The van der Waals surface area contributed by atoms with Crippen molar-refractivity contribution in [3.63, 3.8) is 0 Å². The molecule has 1 unspecified atom stereocenters. The molecule has 0 aliphatic heterocycles. The second-order valence-corrected chi connectivity index (χ2v) is 6.14. The van der Waals surface area contributed by atoms with Crippen LogP contribution in [-0.4, -0.2) is 31.9 Å². The van der Waals surface area contributed by atoms with Crippen molar-refractivity contribution in [2.75, 3.05) is 5.32 Å². The average Bonchev–Trinajstić information content (AvgIpc) is 2.59. The molecule has 3 rings (SSSR count). The van der Waals surface area contributed by atoms with Crippen molar-refractivity contribution in [2.24, 2.45) is 0 Å². The second-order valence-electron chi connectivity index (χ2n) is 6.14. The van der Waals surface area contributed by atoms with Crippen LogP contribution in [0.25, 0.3) is 10.8 Å². The predicted molar refractivity (Wildman–Crippen MR) is 96.9 cm³/mol. The first-order valence-corrected chi connectivity index (χ1v) is 8.23. The topological polar surface area (TPSA) is 81.9 Å². The maximum atomic E-state index is 12.5. The molecular weight excluding hydrogens is 318 g/mol. The summed E-state index contributed by atoms with van der Waals surface area (Å²) >= 11 is 0. The first-order valence-electron chi connectivity index (χ1n) is 8.23. The molecule has 0 bridgehead atoms. The van der Waals surface area contributed by atoms with Crippen LogP contribution < -0.4 is 15.6 Å². The van der Waals surface area contributed by atoms with Crippen LogP contribution in [0.2, 0.25) is 0 Å². The number of nitrogens with zero attached hydrogens (tertiary/aromatic N) is 4. The molecule has 0 fully saturated rings.